The van der Waals surface area contributed by atoms with E-state index in [1.807, 2.05) is 11.4 Å². The van der Waals surface area contributed by atoms with Gasteiger partial charge in [0.2, 0.25) is 5.91 Å². The van der Waals surface area contributed by atoms with Crippen LogP contribution in [0.25, 0.3) is 0 Å². The Morgan fingerprint density at radius 3 is 2.74 bits per heavy atom. The van der Waals surface area contributed by atoms with Gasteiger partial charge in [-0.15, -0.1) is 11.3 Å². The molecule has 2 N–H and O–H groups in total. The Kier molecular flexibility index (Phi) is 4.18. The lowest BCUT2D eigenvalue weighted by molar-refractivity contribution is -0.134. The van der Waals surface area contributed by atoms with E-state index in [0.29, 0.717) is 6.42 Å². The maximum Gasteiger partial charge on any atom is 0.325 e. The Bertz CT molecular complexity index is 941. The number of amides is 4. The average molecular weight is 391 g/mol. The van der Waals surface area contributed by atoms with E-state index in [1.54, 1.807) is 0 Å². The van der Waals surface area contributed by atoms with E-state index in [4.69, 9.17) is 0 Å². The monoisotopic (exact) mass is 391 g/mol. The lowest BCUT2D eigenvalue weighted by Gasteiger charge is -2.31. The average Bonchev–Trinajstić information content (AvgIpc) is 3.19. The van der Waals surface area contributed by atoms with Crippen molar-refractivity contribution in [2.75, 3.05) is 11.9 Å². The summed E-state index contributed by atoms with van der Waals surface area (Å²) in [5.41, 5.74) is -1.00. The van der Waals surface area contributed by atoms with Crippen molar-refractivity contribution in [1.82, 2.24) is 10.2 Å². The fourth-order valence-corrected chi connectivity index (χ4v) is 4.62. The predicted molar refractivity (Wildman–Crippen MR) is 94.2 cm³/mol. The highest BCUT2D eigenvalue weighted by atomic mass is 32.1. The Labute approximate surface area is 157 Å². The van der Waals surface area contributed by atoms with Gasteiger partial charge in [-0.05, 0) is 42.8 Å². The summed E-state index contributed by atoms with van der Waals surface area (Å²) in [5, 5.41) is 6.68. The summed E-state index contributed by atoms with van der Waals surface area (Å²) in [6.07, 6.45) is 2.02. The first kappa shape index (κ1) is 17.6. The van der Waals surface area contributed by atoms with Gasteiger partial charge < -0.3 is 10.6 Å². The molecule has 1 atom stereocenters. The van der Waals surface area contributed by atoms with Gasteiger partial charge in [0.25, 0.3) is 5.91 Å². The van der Waals surface area contributed by atoms with Gasteiger partial charge in [0.1, 0.15) is 29.4 Å². The minimum Gasteiger partial charge on any atom is -0.320 e. The van der Waals surface area contributed by atoms with Crippen LogP contribution >= 0.6 is 11.3 Å². The van der Waals surface area contributed by atoms with Crippen LogP contribution in [0.1, 0.15) is 23.3 Å². The number of benzene rings is 1. The Balaban J connectivity index is 1.55. The minimum atomic E-state index is -1.16. The van der Waals surface area contributed by atoms with Crippen molar-refractivity contribution in [3.63, 3.8) is 0 Å². The van der Waals surface area contributed by atoms with Crippen LogP contribution in [0.3, 0.4) is 0 Å². The zero-order chi connectivity index (χ0) is 19.2. The Morgan fingerprint density at radius 1 is 1.26 bits per heavy atom. The number of rotatable bonds is 3. The van der Waals surface area contributed by atoms with Crippen molar-refractivity contribution in [1.29, 1.82) is 0 Å². The molecule has 0 unspecified atom stereocenters. The number of imide groups is 1. The van der Waals surface area contributed by atoms with Crippen molar-refractivity contribution < 1.29 is 23.2 Å². The molecule has 6 nitrogen and oxygen atoms in total. The van der Waals surface area contributed by atoms with Crippen molar-refractivity contribution in [2.24, 2.45) is 0 Å². The topological polar surface area (TPSA) is 78.5 Å². The third-order valence-electron chi connectivity index (χ3n) is 4.87. The van der Waals surface area contributed by atoms with Gasteiger partial charge in [-0.3, -0.25) is 14.5 Å². The first-order valence-corrected chi connectivity index (χ1v) is 9.25. The van der Waals surface area contributed by atoms with Crippen LogP contribution in [0.5, 0.6) is 0 Å². The number of aryl methyl sites for hydroxylation is 1. The normalized spacial score (nSPS) is 21.3. The highest BCUT2D eigenvalue weighted by Crippen LogP contribution is 2.42. The van der Waals surface area contributed by atoms with Crippen LogP contribution in [0, 0.1) is 11.6 Å². The van der Waals surface area contributed by atoms with Crippen LogP contribution in [-0.4, -0.2) is 29.3 Å². The van der Waals surface area contributed by atoms with Crippen LogP contribution in [-0.2, 0) is 21.5 Å². The van der Waals surface area contributed by atoms with E-state index < -0.39 is 47.3 Å². The molecule has 140 valence electrons. The van der Waals surface area contributed by atoms with E-state index in [-0.39, 0.29) is 0 Å². The summed E-state index contributed by atoms with van der Waals surface area (Å²) in [6, 6.07) is 4.30. The number of thiophene rings is 1. The Hall–Kier alpha value is -2.81. The van der Waals surface area contributed by atoms with E-state index in [1.165, 1.54) is 17.4 Å². The number of anilines is 1. The molecule has 4 amide bonds. The van der Waals surface area contributed by atoms with E-state index in [0.717, 1.165) is 40.3 Å². The molecule has 1 saturated heterocycles. The van der Waals surface area contributed by atoms with Crippen molar-refractivity contribution in [2.45, 2.75) is 24.8 Å². The molecule has 1 aromatic carbocycles. The van der Waals surface area contributed by atoms with E-state index >= 15 is 0 Å². The summed E-state index contributed by atoms with van der Waals surface area (Å²) in [5.74, 6) is -3.25. The maximum atomic E-state index is 13.7. The molecule has 0 bridgehead atoms. The lowest BCUT2D eigenvalue weighted by atomic mass is 9.80. The van der Waals surface area contributed by atoms with Gasteiger partial charge in [-0.25, -0.2) is 13.6 Å². The number of carbonyl (C=O) groups is 3. The smallest absolute Gasteiger partial charge is 0.320 e. The van der Waals surface area contributed by atoms with Gasteiger partial charge in [0, 0.05) is 10.4 Å². The SMILES string of the molecule is O=C(CN1C(=O)N[C@@]2(CCCc3sccc32)C1=O)Nc1c(F)cccc1F. The van der Waals surface area contributed by atoms with Gasteiger partial charge in [0.05, 0.1) is 0 Å². The molecule has 4 rings (SSSR count). The maximum absolute atomic E-state index is 13.7. The molecule has 0 saturated carbocycles. The van der Waals surface area contributed by atoms with Crippen LogP contribution in [0.15, 0.2) is 29.6 Å². The molecule has 1 aliphatic carbocycles. The molecule has 27 heavy (non-hydrogen) atoms. The number of nitrogens with one attached hydrogen (secondary N) is 2. The number of nitrogens with zero attached hydrogens (tertiary/aromatic N) is 1. The second kappa shape index (κ2) is 6.41. The molecule has 2 aromatic rings. The standard InChI is InChI=1S/C18H15F2N3O3S/c19-11-3-1-4-12(20)15(11)21-14(24)9-23-16(25)18(22-17(23)26)7-2-5-13-10(18)6-8-27-13/h1,3-4,6,8H,2,5,7,9H2,(H,21,24)(H,22,26)/t18-/m1/s1. The van der Waals surface area contributed by atoms with Gasteiger partial charge in [-0.1, -0.05) is 6.07 Å². The molecule has 9 heteroatoms. The molecule has 2 aliphatic rings. The van der Waals surface area contributed by atoms with Crippen LogP contribution in [0.4, 0.5) is 19.3 Å². The number of urea groups is 1. The fourth-order valence-electron chi connectivity index (χ4n) is 3.62. The minimum absolute atomic E-state index is 0.446. The van der Waals surface area contributed by atoms with Gasteiger partial charge >= 0.3 is 6.03 Å². The molecule has 1 aromatic heterocycles. The third kappa shape index (κ3) is 2.78. The van der Waals surface area contributed by atoms with Crippen LogP contribution in [0.2, 0.25) is 0 Å². The van der Waals surface area contributed by atoms with Gasteiger partial charge in [-0.2, -0.15) is 0 Å². The number of fused-ring (bicyclic) bond motifs is 2. The predicted octanol–water partition coefficient (Wildman–Crippen LogP) is 2.75. The Morgan fingerprint density at radius 2 is 2.00 bits per heavy atom. The molecule has 1 aliphatic heterocycles. The van der Waals surface area contributed by atoms with Crippen molar-refractivity contribution in [3.05, 3.63) is 51.7 Å². The summed E-state index contributed by atoms with van der Waals surface area (Å²) in [7, 11) is 0. The van der Waals surface area contributed by atoms with Crippen molar-refractivity contribution in [3.8, 4) is 0 Å². The molecule has 2 heterocycles. The highest BCUT2D eigenvalue weighted by molar-refractivity contribution is 7.10. The zero-order valence-electron chi connectivity index (χ0n) is 14.1. The van der Waals surface area contributed by atoms with Crippen LogP contribution < -0.4 is 10.6 Å². The second-order valence-electron chi connectivity index (χ2n) is 6.48. The molecular formula is C18H15F2N3O3S. The highest BCUT2D eigenvalue weighted by Gasteiger charge is 2.54. The molecular weight excluding hydrogens is 376 g/mol. The zero-order valence-corrected chi connectivity index (χ0v) is 14.9. The quantitative estimate of drug-likeness (QED) is 0.790. The fraction of sp³-hybridized carbons (Fsp3) is 0.278. The number of carbonyl (C=O) groups excluding carboxylic acids is 3. The number of halogens is 2. The molecule has 1 fully saturated rings. The molecule has 1 spiro atoms. The largest absolute Gasteiger partial charge is 0.325 e. The first-order chi connectivity index (χ1) is 12.9. The summed E-state index contributed by atoms with van der Waals surface area (Å²) in [6.45, 7) is -0.625. The lowest BCUT2D eigenvalue weighted by Crippen LogP contribution is -2.46. The molecule has 0 radical (unpaired) electrons. The number of hydrogen-bond donors (Lipinski definition) is 2. The van der Waals surface area contributed by atoms with E-state index in [9.17, 15) is 23.2 Å². The number of hydrogen-bond acceptors (Lipinski definition) is 4. The summed E-state index contributed by atoms with van der Waals surface area (Å²) in [4.78, 5) is 39.4. The number of para-hydroxylation sites is 1. The first-order valence-electron chi connectivity index (χ1n) is 8.37. The van der Waals surface area contributed by atoms with Gasteiger partial charge in [0.15, 0.2) is 0 Å². The second-order valence-corrected chi connectivity index (χ2v) is 7.48. The third-order valence-corrected chi connectivity index (χ3v) is 5.85. The summed E-state index contributed by atoms with van der Waals surface area (Å²) >= 11 is 1.52. The van der Waals surface area contributed by atoms with E-state index in [2.05, 4.69) is 10.6 Å². The van der Waals surface area contributed by atoms with Crippen molar-refractivity contribution >= 4 is 34.9 Å². The summed E-state index contributed by atoms with van der Waals surface area (Å²) < 4.78 is 27.4.